The summed E-state index contributed by atoms with van der Waals surface area (Å²) in [6, 6.07) is 0. The maximum atomic E-state index is 8.70. The highest BCUT2D eigenvalue weighted by molar-refractivity contribution is 5.03. The summed E-state index contributed by atoms with van der Waals surface area (Å²) in [4.78, 5) is 0. The second-order valence-corrected chi connectivity index (χ2v) is 4.19. The molecule has 1 fully saturated rings. The van der Waals surface area contributed by atoms with Gasteiger partial charge in [0.05, 0.1) is 6.20 Å². The highest BCUT2D eigenvalue weighted by Gasteiger charge is 2.17. The first-order chi connectivity index (χ1) is 6.88. The Morgan fingerprint density at radius 3 is 3.00 bits per heavy atom. The lowest BCUT2D eigenvalue weighted by atomic mass is 9.85. The number of aromatic nitrogens is 2. The van der Waals surface area contributed by atoms with Gasteiger partial charge in [-0.3, -0.25) is 4.68 Å². The third kappa shape index (κ3) is 2.35. The van der Waals surface area contributed by atoms with Crippen molar-refractivity contribution in [1.82, 2.24) is 9.78 Å². The molecule has 0 aromatic carbocycles. The predicted molar refractivity (Wildman–Crippen MR) is 55.0 cm³/mol. The van der Waals surface area contributed by atoms with Crippen LogP contribution < -0.4 is 0 Å². The lowest BCUT2D eigenvalue weighted by molar-refractivity contribution is 0.266. The predicted octanol–water partition coefficient (Wildman–Crippen LogP) is 1.61. The molecule has 0 spiro atoms. The first-order valence-corrected chi connectivity index (χ1v) is 5.50. The van der Waals surface area contributed by atoms with Crippen LogP contribution in [0, 0.1) is 5.92 Å². The molecule has 0 unspecified atom stereocenters. The van der Waals surface area contributed by atoms with Gasteiger partial charge in [0, 0.05) is 19.3 Å². The van der Waals surface area contributed by atoms with Crippen LogP contribution >= 0.6 is 0 Å². The van der Waals surface area contributed by atoms with Gasteiger partial charge >= 0.3 is 0 Å². The van der Waals surface area contributed by atoms with E-state index in [-0.39, 0.29) is 6.61 Å². The molecule has 78 valence electrons. The molecular formula is C11H18N2O. The van der Waals surface area contributed by atoms with Crippen molar-refractivity contribution >= 4 is 0 Å². The van der Waals surface area contributed by atoms with E-state index in [9.17, 15) is 0 Å². The van der Waals surface area contributed by atoms with E-state index in [2.05, 4.69) is 16.0 Å². The van der Waals surface area contributed by atoms with E-state index in [0.717, 1.165) is 25.3 Å². The minimum Gasteiger partial charge on any atom is -0.396 e. The fraction of sp³-hybridized carbons (Fsp3) is 0.727. The quantitative estimate of drug-likeness (QED) is 0.773. The molecule has 0 radical (unpaired) electrons. The Bertz CT molecular complexity index is 279. The van der Waals surface area contributed by atoms with E-state index in [1.807, 2.05) is 6.20 Å². The number of aliphatic hydroxyl groups excluding tert-OH is 1. The number of hydrogen-bond donors (Lipinski definition) is 1. The molecule has 14 heavy (non-hydrogen) atoms. The number of aryl methyl sites for hydroxylation is 1. The van der Waals surface area contributed by atoms with Crippen molar-refractivity contribution in [3.8, 4) is 0 Å². The normalized spacial score (nSPS) is 16.9. The van der Waals surface area contributed by atoms with Crippen molar-refractivity contribution in [2.24, 2.45) is 5.92 Å². The second-order valence-electron chi connectivity index (χ2n) is 4.19. The van der Waals surface area contributed by atoms with Gasteiger partial charge in [0.1, 0.15) is 0 Å². The van der Waals surface area contributed by atoms with Gasteiger partial charge < -0.3 is 5.11 Å². The van der Waals surface area contributed by atoms with E-state index >= 15 is 0 Å². The first-order valence-electron chi connectivity index (χ1n) is 5.50. The van der Waals surface area contributed by atoms with Crippen LogP contribution in [-0.2, 0) is 13.0 Å². The average molecular weight is 194 g/mol. The second kappa shape index (κ2) is 4.60. The highest BCUT2D eigenvalue weighted by atomic mass is 16.2. The topological polar surface area (TPSA) is 38.1 Å². The summed E-state index contributed by atoms with van der Waals surface area (Å²) in [5, 5.41) is 13.0. The molecule has 1 heterocycles. The van der Waals surface area contributed by atoms with Crippen molar-refractivity contribution in [1.29, 1.82) is 0 Å². The van der Waals surface area contributed by atoms with Crippen LogP contribution in [0.3, 0.4) is 0 Å². The molecule has 3 heteroatoms. The van der Waals surface area contributed by atoms with E-state index in [4.69, 9.17) is 5.11 Å². The fourth-order valence-electron chi connectivity index (χ4n) is 1.86. The maximum Gasteiger partial charge on any atom is 0.0521 e. The zero-order chi connectivity index (χ0) is 9.80. The first kappa shape index (κ1) is 9.71. The van der Waals surface area contributed by atoms with E-state index < -0.39 is 0 Å². The van der Waals surface area contributed by atoms with E-state index in [1.54, 1.807) is 0 Å². The average Bonchev–Trinajstić information content (AvgIpc) is 2.56. The zero-order valence-corrected chi connectivity index (χ0v) is 8.52. The summed E-state index contributed by atoms with van der Waals surface area (Å²) >= 11 is 0. The molecule has 1 aromatic rings. The largest absolute Gasteiger partial charge is 0.396 e. The van der Waals surface area contributed by atoms with Crippen molar-refractivity contribution in [3.05, 3.63) is 18.0 Å². The number of aliphatic hydroxyl groups is 1. The summed E-state index contributed by atoms with van der Waals surface area (Å²) in [6.45, 7) is 1.35. The summed E-state index contributed by atoms with van der Waals surface area (Å²) in [7, 11) is 0. The van der Waals surface area contributed by atoms with E-state index in [1.165, 1.54) is 24.8 Å². The smallest absolute Gasteiger partial charge is 0.0521 e. The molecule has 0 saturated heterocycles. The van der Waals surface area contributed by atoms with Crippen LogP contribution in [0.1, 0.15) is 31.2 Å². The molecule has 1 N–H and O–H groups in total. The molecular weight excluding hydrogens is 176 g/mol. The number of rotatable bonds is 5. The number of hydrogen-bond acceptors (Lipinski definition) is 2. The molecule has 1 aromatic heterocycles. The Labute approximate surface area is 84.7 Å². The van der Waals surface area contributed by atoms with Gasteiger partial charge in [0.2, 0.25) is 0 Å². The Morgan fingerprint density at radius 1 is 1.50 bits per heavy atom. The molecule has 1 aliphatic carbocycles. The van der Waals surface area contributed by atoms with Crippen LogP contribution in [0.2, 0.25) is 0 Å². The van der Waals surface area contributed by atoms with Crippen LogP contribution in [0.25, 0.3) is 0 Å². The highest BCUT2D eigenvalue weighted by Crippen LogP contribution is 2.27. The Morgan fingerprint density at radius 2 is 2.36 bits per heavy atom. The maximum absolute atomic E-state index is 8.70. The molecule has 0 atom stereocenters. The Kier molecular flexibility index (Phi) is 3.19. The molecule has 0 aliphatic heterocycles. The standard InChI is InChI=1S/C11H18N2O/c14-6-2-5-11-7-12-13(9-11)8-10-3-1-4-10/h7,9-10,14H,1-6,8H2. The molecule has 1 aliphatic rings. The summed E-state index contributed by atoms with van der Waals surface area (Å²) in [5.74, 6) is 0.862. The molecule has 2 rings (SSSR count). The summed E-state index contributed by atoms with van der Waals surface area (Å²) in [5.41, 5.74) is 1.25. The third-order valence-electron chi connectivity index (χ3n) is 2.98. The molecule has 0 amide bonds. The van der Waals surface area contributed by atoms with Gasteiger partial charge in [-0.2, -0.15) is 5.10 Å². The van der Waals surface area contributed by atoms with Crippen molar-refractivity contribution < 1.29 is 5.11 Å². The minimum absolute atomic E-state index is 0.272. The van der Waals surface area contributed by atoms with Gasteiger partial charge in [-0.25, -0.2) is 0 Å². The van der Waals surface area contributed by atoms with Crippen LogP contribution in [0.4, 0.5) is 0 Å². The molecule has 3 nitrogen and oxygen atoms in total. The van der Waals surface area contributed by atoms with Crippen molar-refractivity contribution in [3.63, 3.8) is 0 Å². The Balaban J connectivity index is 1.82. The van der Waals surface area contributed by atoms with Crippen molar-refractivity contribution in [2.75, 3.05) is 6.61 Å². The third-order valence-corrected chi connectivity index (χ3v) is 2.98. The molecule has 0 bridgehead atoms. The summed E-state index contributed by atoms with van der Waals surface area (Å²) in [6.07, 6.45) is 9.96. The van der Waals surface area contributed by atoms with Gasteiger partial charge in [0.15, 0.2) is 0 Å². The van der Waals surface area contributed by atoms with Crippen molar-refractivity contribution in [2.45, 2.75) is 38.6 Å². The zero-order valence-electron chi connectivity index (χ0n) is 8.52. The molecule has 1 saturated carbocycles. The van der Waals surface area contributed by atoms with Crippen LogP contribution in [0.15, 0.2) is 12.4 Å². The van der Waals surface area contributed by atoms with Gasteiger partial charge in [-0.15, -0.1) is 0 Å². The van der Waals surface area contributed by atoms with Crippen LogP contribution in [0.5, 0.6) is 0 Å². The van der Waals surface area contributed by atoms with Gasteiger partial charge in [-0.1, -0.05) is 6.42 Å². The fourth-order valence-corrected chi connectivity index (χ4v) is 1.86. The van der Waals surface area contributed by atoms with E-state index in [0.29, 0.717) is 0 Å². The van der Waals surface area contributed by atoms with Gasteiger partial charge in [0.25, 0.3) is 0 Å². The van der Waals surface area contributed by atoms with Gasteiger partial charge in [-0.05, 0) is 37.2 Å². The SMILES string of the molecule is OCCCc1cnn(CC2CCC2)c1. The lowest BCUT2D eigenvalue weighted by Gasteiger charge is -2.24. The monoisotopic (exact) mass is 194 g/mol. The minimum atomic E-state index is 0.272. The van der Waals surface area contributed by atoms with Crippen LogP contribution in [-0.4, -0.2) is 21.5 Å². The number of nitrogens with zero attached hydrogens (tertiary/aromatic N) is 2. The summed E-state index contributed by atoms with van der Waals surface area (Å²) < 4.78 is 2.05. The Hall–Kier alpha value is -0.830. The lowest BCUT2D eigenvalue weighted by Crippen LogP contribution is -2.18.